The lowest BCUT2D eigenvalue weighted by atomic mass is 10.1. The van der Waals surface area contributed by atoms with Crippen molar-refractivity contribution in [3.63, 3.8) is 0 Å². The normalized spacial score (nSPS) is 21.0. The summed E-state index contributed by atoms with van der Waals surface area (Å²) in [6.45, 7) is 1.78. The van der Waals surface area contributed by atoms with Gasteiger partial charge in [-0.2, -0.15) is 0 Å². The molecule has 0 unspecified atom stereocenters. The summed E-state index contributed by atoms with van der Waals surface area (Å²) in [6.07, 6.45) is 3.34. The molecule has 5 heteroatoms. The lowest BCUT2D eigenvalue weighted by molar-refractivity contribution is -0.136. The van der Waals surface area contributed by atoms with E-state index in [4.69, 9.17) is 10.5 Å². The number of hydrogen-bond donors (Lipinski definition) is 1. The van der Waals surface area contributed by atoms with Crippen LogP contribution in [0.4, 0.5) is 4.39 Å². The molecule has 0 aromatic heterocycles. The third-order valence-corrected chi connectivity index (χ3v) is 4.20. The summed E-state index contributed by atoms with van der Waals surface area (Å²) in [5, 5.41) is 0. The third-order valence-electron chi connectivity index (χ3n) is 4.20. The zero-order chi connectivity index (χ0) is 15.9. The number of nitrogens with two attached hydrogens (primary N) is 1. The molecular weight excluding hydrogens is 283 g/mol. The minimum absolute atomic E-state index is 0.0259. The quantitative estimate of drug-likeness (QED) is 0.787. The molecule has 0 spiro atoms. The zero-order valence-electron chi connectivity index (χ0n) is 13.1. The second-order valence-electron chi connectivity index (χ2n) is 6.00. The van der Waals surface area contributed by atoms with Crippen LogP contribution in [-0.2, 0) is 16.1 Å². The maximum absolute atomic E-state index is 13.0. The molecule has 0 radical (unpaired) electrons. The predicted octanol–water partition coefficient (Wildman–Crippen LogP) is 2.32. The first kappa shape index (κ1) is 16.9. The number of rotatable bonds is 7. The van der Waals surface area contributed by atoms with Crippen LogP contribution in [0.25, 0.3) is 0 Å². The Hall–Kier alpha value is -1.46. The van der Waals surface area contributed by atoms with Crippen molar-refractivity contribution in [3.8, 4) is 0 Å². The summed E-state index contributed by atoms with van der Waals surface area (Å²) < 4.78 is 18.1. The van der Waals surface area contributed by atoms with Crippen molar-refractivity contribution in [2.24, 2.45) is 11.7 Å². The van der Waals surface area contributed by atoms with E-state index in [1.807, 2.05) is 4.90 Å². The highest BCUT2D eigenvalue weighted by atomic mass is 19.1. The fourth-order valence-corrected chi connectivity index (χ4v) is 2.98. The van der Waals surface area contributed by atoms with E-state index in [2.05, 4.69) is 0 Å². The smallest absolute Gasteiger partial charge is 0.226 e. The molecule has 1 aliphatic carbocycles. The van der Waals surface area contributed by atoms with Crippen LogP contribution < -0.4 is 5.73 Å². The SMILES string of the molecule is COCCCN(Cc1ccc(F)cc1)C(=O)[C@@H]1CC[C@H](N)C1. The van der Waals surface area contributed by atoms with Crippen LogP contribution in [0.5, 0.6) is 0 Å². The fourth-order valence-electron chi connectivity index (χ4n) is 2.98. The molecule has 22 heavy (non-hydrogen) atoms. The van der Waals surface area contributed by atoms with Gasteiger partial charge in [-0.15, -0.1) is 0 Å². The van der Waals surface area contributed by atoms with E-state index in [1.165, 1.54) is 12.1 Å². The molecule has 1 aromatic carbocycles. The number of methoxy groups -OCH3 is 1. The highest BCUT2D eigenvalue weighted by molar-refractivity contribution is 5.79. The molecule has 2 atom stereocenters. The van der Waals surface area contributed by atoms with E-state index >= 15 is 0 Å². The van der Waals surface area contributed by atoms with Crippen molar-refractivity contribution >= 4 is 5.91 Å². The van der Waals surface area contributed by atoms with E-state index in [9.17, 15) is 9.18 Å². The number of ether oxygens (including phenoxy) is 1. The molecule has 1 fully saturated rings. The molecule has 1 saturated carbocycles. The molecule has 2 rings (SSSR count). The molecule has 122 valence electrons. The van der Waals surface area contributed by atoms with Crippen LogP contribution in [0, 0.1) is 11.7 Å². The molecule has 0 bridgehead atoms. The van der Waals surface area contributed by atoms with Crippen molar-refractivity contribution in [2.75, 3.05) is 20.3 Å². The molecule has 1 aromatic rings. The Morgan fingerprint density at radius 1 is 1.36 bits per heavy atom. The van der Waals surface area contributed by atoms with Gasteiger partial charge < -0.3 is 15.4 Å². The van der Waals surface area contributed by atoms with E-state index in [0.717, 1.165) is 31.2 Å². The minimum atomic E-state index is -0.261. The molecule has 0 saturated heterocycles. The first-order valence-electron chi connectivity index (χ1n) is 7.88. The monoisotopic (exact) mass is 308 g/mol. The van der Waals surface area contributed by atoms with Gasteiger partial charge in [0.1, 0.15) is 5.82 Å². The Kier molecular flexibility index (Phi) is 6.34. The summed E-state index contributed by atoms with van der Waals surface area (Å²) in [7, 11) is 1.65. The average molecular weight is 308 g/mol. The number of amides is 1. The summed E-state index contributed by atoms with van der Waals surface area (Å²) in [4.78, 5) is 14.6. The van der Waals surface area contributed by atoms with Gasteiger partial charge in [-0.25, -0.2) is 4.39 Å². The topological polar surface area (TPSA) is 55.6 Å². The Morgan fingerprint density at radius 3 is 2.68 bits per heavy atom. The van der Waals surface area contributed by atoms with E-state index in [0.29, 0.717) is 19.7 Å². The van der Waals surface area contributed by atoms with Gasteiger partial charge in [0, 0.05) is 38.8 Å². The second-order valence-corrected chi connectivity index (χ2v) is 6.00. The number of carbonyl (C=O) groups excluding carboxylic acids is 1. The molecule has 0 aliphatic heterocycles. The standard InChI is InChI=1S/C17H25FN2O2/c1-22-10-2-9-20(12-13-3-6-15(18)7-4-13)17(21)14-5-8-16(19)11-14/h3-4,6-7,14,16H,2,5,8-12,19H2,1H3/t14-,16+/m1/s1. The molecule has 1 aliphatic rings. The van der Waals surface area contributed by atoms with Gasteiger partial charge in [0.05, 0.1) is 0 Å². The second kappa shape index (κ2) is 8.25. The average Bonchev–Trinajstić information content (AvgIpc) is 2.94. The van der Waals surface area contributed by atoms with Crippen LogP contribution in [-0.4, -0.2) is 37.1 Å². The van der Waals surface area contributed by atoms with Gasteiger partial charge in [0.25, 0.3) is 0 Å². The van der Waals surface area contributed by atoms with Gasteiger partial charge in [-0.05, 0) is 43.4 Å². The van der Waals surface area contributed by atoms with Gasteiger partial charge in [0.15, 0.2) is 0 Å². The fraction of sp³-hybridized carbons (Fsp3) is 0.588. The van der Waals surface area contributed by atoms with Crippen molar-refractivity contribution < 1.29 is 13.9 Å². The summed E-state index contributed by atoms with van der Waals surface area (Å²) in [5.41, 5.74) is 6.86. The number of halogens is 1. The maximum Gasteiger partial charge on any atom is 0.226 e. The summed E-state index contributed by atoms with van der Waals surface area (Å²) in [5.74, 6) is -0.0749. The van der Waals surface area contributed by atoms with Gasteiger partial charge in [-0.1, -0.05) is 12.1 Å². The van der Waals surface area contributed by atoms with Crippen molar-refractivity contribution in [1.82, 2.24) is 4.90 Å². The molecule has 2 N–H and O–H groups in total. The van der Waals surface area contributed by atoms with Gasteiger partial charge in [-0.3, -0.25) is 4.79 Å². The first-order chi connectivity index (χ1) is 10.6. The largest absolute Gasteiger partial charge is 0.385 e. The van der Waals surface area contributed by atoms with E-state index in [-0.39, 0.29) is 23.7 Å². The Balaban J connectivity index is 2.01. The van der Waals surface area contributed by atoms with Crippen LogP contribution in [0.1, 0.15) is 31.2 Å². The predicted molar refractivity (Wildman–Crippen MR) is 83.6 cm³/mol. The first-order valence-corrected chi connectivity index (χ1v) is 7.88. The number of benzene rings is 1. The number of hydrogen-bond acceptors (Lipinski definition) is 3. The Bertz CT molecular complexity index is 478. The maximum atomic E-state index is 13.0. The highest BCUT2D eigenvalue weighted by Crippen LogP contribution is 2.26. The minimum Gasteiger partial charge on any atom is -0.385 e. The van der Waals surface area contributed by atoms with Gasteiger partial charge >= 0.3 is 0 Å². The van der Waals surface area contributed by atoms with E-state index < -0.39 is 0 Å². The summed E-state index contributed by atoms with van der Waals surface area (Å²) in [6, 6.07) is 6.45. The lowest BCUT2D eigenvalue weighted by Gasteiger charge is -2.26. The number of carbonyl (C=O) groups is 1. The lowest BCUT2D eigenvalue weighted by Crippen LogP contribution is -2.36. The Labute approximate surface area is 131 Å². The molecular formula is C17H25FN2O2. The van der Waals surface area contributed by atoms with Crippen molar-refractivity contribution in [2.45, 2.75) is 38.3 Å². The number of nitrogens with zero attached hydrogens (tertiary/aromatic N) is 1. The molecule has 4 nitrogen and oxygen atoms in total. The van der Waals surface area contributed by atoms with Crippen molar-refractivity contribution in [1.29, 1.82) is 0 Å². The third kappa shape index (κ3) is 4.78. The molecule has 1 amide bonds. The van der Waals surface area contributed by atoms with Gasteiger partial charge in [0.2, 0.25) is 5.91 Å². The summed E-state index contributed by atoms with van der Waals surface area (Å²) >= 11 is 0. The van der Waals surface area contributed by atoms with Crippen LogP contribution >= 0.6 is 0 Å². The zero-order valence-corrected chi connectivity index (χ0v) is 13.1. The van der Waals surface area contributed by atoms with Crippen LogP contribution in [0.2, 0.25) is 0 Å². The van der Waals surface area contributed by atoms with E-state index in [1.54, 1.807) is 19.2 Å². The Morgan fingerprint density at radius 2 is 2.09 bits per heavy atom. The molecule has 0 heterocycles. The van der Waals surface area contributed by atoms with Crippen molar-refractivity contribution in [3.05, 3.63) is 35.6 Å². The van der Waals surface area contributed by atoms with Crippen LogP contribution in [0.15, 0.2) is 24.3 Å². The highest BCUT2D eigenvalue weighted by Gasteiger charge is 2.30. The van der Waals surface area contributed by atoms with Crippen LogP contribution in [0.3, 0.4) is 0 Å².